The van der Waals surface area contributed by atoms with Crippen molar-refractivity contribution in [2.75, 3.05) is 0 Å². The Labute approximate surface area is 117 Å². The molecule has 106 valence electrons. The Balaban J connectivity index is 2.02. The third-order valence-corrected chi connectivity index (χ3v) is 3.05. The van der Waals surface area contributed by atoms with E-state index in [0.29, 0.717) is 5.52 Å². The molecule has 3 aromatic rings. The summed E-state index contributed by atoms with van der Waals surface area (Å²) in [5.74, 6) is -2.32. The first kappa shape index (κ1) is 13.2. The van der Waals surface area contributed by atoms with Crippen LogP contribution in [-0.2, 0) is 6.42 Å². The third-order valence-electron chi connectivity index (χ3n) is 3.05. The van der Waals surface area contributed by atoms with Gasteiger partial charge in [-0.05, 0) is 23.8 Å². The summed E-state index contributed by atoms with van der Waals surface area (Å²) in [5, 5.41) is 9.07. The molecule has 1 aromatic heterocycles. The molecule has 6 heteroatoms. The topological polar surface area (TPSA) is 63.3 Å². The lowest BCUT2D eigenvalue weighted by Crippen LogP contribution is -1.95. The summed E-state index contributed by atoms with van der Waals surface area (Å²) >= 11 is 0. The van der Waals surface area contributed by atoms with Gasteiger partial charge in [0.1, 0.15) is 22.7 Å². The van der Waals surface area contributed by atoms with Crippen molar-refractivity contribution in [3.8, 4) is 0 Å². The number of oxazole rings is 1. The van der Waals surface area contributed by atoms with E-state index in [0.717, 1.165) is 12.1 Å². The second-order valence-electron chi connectivity index (χ2n) is 4.48. The molecule has 1 N–H and O–H groups in total. The number of hydrogen-bond acceptors (Lipinski definition) is 3. The number of carboxylic acid groups (broad SMARTS) is 1. The number of aromatic carboxylic acids is 1. The van der Waals surface area contributed by atoms with E-state index in [9.17, 15) is 13.6 Å². The van der Waals surface area contributed by atoms with Gasteiger partial charge in [-0.25, -0.2) is 18.6 Å². The van der Waals surface area contributed by atoms with Crippen LogP contribution in [0.1, 0.15) is 21.8 Å². The molecule has 3 rings (SSSR count). The molecule has 0 spiro atoms. The largest absolute Gasteiger partial charge is 0.478 e. The Morgan fingerprint density at radius 1 is 1.24 bits per heavy atom. The number of halogens is 2. The highest BCUT2D eigenvalue weighted by Crippen LogP contribution is 2.22. The lowest BCUT2D eigenvalue weighted by Gasteiger charge is -1.99. The first-order valence-corrected chi connectivity index (χ1v) is 6.10. The molecule has 0 aliphatic rings. The number of carboxylic acids is 1. The van der Waals surface area contributed by atoms with Gasteiger partial charge in [0.05, 0.1) is 6.42 Å². The zero-order valence-electron chi connectivity index (χ0n) is 10.6. The first-order valence-electron chi connectivity index (χ1n) is 6.10. The molecular formula is C15H9F2NO3. The van der Waals surface area contributed by atoms with Crippen LogP contribution in [0.2, 0.25) is 0 Å². The highest BCUT2D eigenvalue weighted by atomic mass is 19.1. The van der Waals surface area contributed by atoms with Crippen molar-refractivity contribution in [1.82, 2.24) is 4.98 Å². The van der Waals surface area contributed by atoms with Gasteiger partial charge < -0.3 is 9.52 Å². The molecule has 0 radical (unpaired) electrons. The number of fused-ring (bicyclic) bond motifs is 1. The number of rotatable bonds is 3. The van der Waals surface area contributed by atoms with E-state index in [1.165, 1.54) is 12.1 Å². The Hall–Kier alpha value is -2.76. The van der Waals surface area contributed by atoms with Crippen LogP contribution in [0.3, 0.4) is 0 Å². The predicted octanol–water partition coefficient (Wildman–Crippen LogP) is 3.40. The maximum Gasteiger partial charge on any atom is 0.339 e. The summed E-state index contributed by atoms with van der Waals surface area (Å²) in [6.07, 6.45) is 0.0137. The van der Waals surface area contributed by atoms with Gasteiger partial charge in [-0.1, -0.05) is 12.1 Å². The van der Waals surface area contributed by atoms with Crippen LogP contribution in [0.25, 0.3) is 11.1 Å². The standard InChI is InChI=1S/C15H9F2NO3/c16-9-5-4-8(11(17)7-9)6-13-18-12-3-1-2-10(15(19)20)14(12)21-13/h1-5,7H,6H2,(H,19,20). The van der Waals surface area contributed by atoms with Crippen molar-refractivity contribution < 1.29 is 23.1 Å². The molecule has 0 saturated carbocycles. The van der Waals surface area contributed by atoms with Crippen LogP contribution >= 0.6 is 0 Å². The number of carbonyl (C=O) groups is 1. The van der Waals surface area contributed by atoms with Crippen LogP contribution in [-0.4, -0.2) is 16.1 Å². The molecule has 0 aliphatic carbocycles. The number of nitrogens with zero attached hydrogens (tertiary/aromatic N) is 1. The van der Waals surface area contributed by atoms with Crippen molar-refractivity contribution in [3.05, 3.63) is 65.1 Å². The van der Waals surface area contributed by atoms with Crippen molar-refractivity contribution in [2.24, 2.45) is 0 Å². The minimum atomic E-state index is -1.13. The number of aromatic nitrogens is 1. The molecule has 0 bridgehead atoms. The van der Waals surface area contributed by atoms with E-state index >= 15 is 0 Å². The first-order chi connectivity index (χ1) is 10.0. The van der Waals surface area contributed by atoms with Crippen molar-refractivity contribution in [1.29, 1.82) is 0 Å². The van der Waals surface area contributed by atoms with Crippen molar-refractivity contribution in [3.63, 3.8) is 0 Å². The highest BCUT2D eigenvalue weighted by molar-refractivity contribution is 5.99. The molecule has 1 heterocycles. The maximum atomic E-state index is 13.6. The molecule has 0 saturated heterocycles. The van der Waals surface area contributed by atoms with Gasteiger partial charge in [-0.3, -0.25) is 0 Å². The van der Waals surface area contributed by atoms with Crippen LogP contribution in [0.5, 0.6) is 0 Å². The normalized spacial score (nSPS) is 11.0. The lowest BCUT2D eigenvalue weighted by atomic mass is 10.1. The molecule has 0 fully saturated rings. The smallest absolute Gasteiger partial charge is 0.339 e. The van der Waals surface area contributed by atoms with Gasteiger partial charge in [-0.2, -0.15) is 0 Å². The van der Waals surface area contributed by atoms with E-state index in [2.05, 4.69) is 4.98 Å². The third kappa shape index (κ3) is 2.47. The second kappa shape index (κ2) is 4.97. The highest BCUT2D eigenvalue weighted by Gasteiger charge is 2.15. The predicted molar refractivity (Wildman–Crippen MR) is 70.1 cm³/mol. The Morgan fingerprint density at radius 3 is 2.76 bits per heavy atom. The SMILES string of the molecule is O=C(O)c1cccc2nc(Cc3ccc(F)cc3F)oc12. The molecule has 0 atom stereocenters. The monoisotopic (exact) mass is 289 g/mol. The lowest BCUT2D eigenvalue weighted by molar-refractivity contribution is 0.0698. The zero-order valence-corrected chi connectivity index (χ0v) is 10.6. The van der Waals surface area contributed by atoms with E-state index in [1.807, 2.05) is 0 Å². The van der Waals surface area contributed by atoms with E-state index in [1.54, 1.807) is 12.1 Å². The quantitative estimate of drug-likeness (QED) is 0.802. The number of hydrogen-bond donors (Lipinski definition) is 1. The maximum absolute atomic E-state index is 13.6. The van der Waals surface area contributed by atoms with E-state index < -0.39 is 17.6 Å². The Kier molecular flexibility index (Phi) is 3.13. The van der Waals surface area contributed by atoms with Crippen molar-refractivity contribution in [2.45, 2.75) is 6.42 Å². The van der Waals surface area contributed by atoms with Crippen LogP contribution in [0.4, 0.5) is 8.78 Å². The average Bonchev–Trinajstić information content (AvgIpc) is 2.83. The second-order valence-corrected chi connectivity index (χ2v) is 4.48. The fourth-order valence-corrected chi connectivity index (χ4v) is 2.07. The fraction of sp³-hybridized carbons (Fsp3) is 0.0667. The molecule has 0 aliphatic heterocycles. The Morgan fingerprint density at radius 2 is 2.05 bits per heavy atom. The van der Waals surface area contributed by atoms with Crippen LogP contribution in [0.15, 0.2) is 40.8 Å². The summed E-state index contributed by atoms with van der Waals surface area (Å²) in [6, 6.07) is 7.78. The van der Waals surface area contributed by atoms with Gasteiger partial charge in [0.2, 0.25) is 0 Å². The van der Waals surface area contributed by atoms with Crippen molar-refractivity contribution >= 4 is 17.1 Å². The summed E-state index contributed by atoms with van der Waals surface area (Å²) in [6.45, 7) is 0. The molecular weight excluding hydrogens is 280 g/mol. The van der Waals surface area contributed by atoms with Gasteiger partial charge in [0.15, 0.2) is 11.5 Å². The Bertz CT molecular complexity index is 842. The van der Waals surface area contributed by atoms with Crippen LogP contribution in [0, 0.1) is 11.6 Å². The molecule has 2 aromatic carbocycles. The minimum Gasteiger partial charge on any atom is -0.478 e. The number of benzene rings is 2. The molecule has 21 heavy (non-hydrogen) atoms. The van der Waals surface area contributed by atoms with Gasteiger partial charge in [0, 0.05) is 6.07 Å². The number of para-hydroxylation sites is 1. The van der Waals surface area contributed by atoms with Gasteiger partial charge in [-0.15, -0.1) is 0 Å². The summed E-state index contributed by atoms with van der Waals surface area (Å²) < 4.78 is 31.8. The van der Waals surface area contributed by atoms with Gasteiger partial charge >= 0.3 is 5.97 Å². The van der Waals surface area contributed by atoms with Crippen LogP contribution < -0.4 is 0 Å². The van der Waals surface area contributed by atoms with Gasteiger partial charge in [0.25, 0.3) is 0 Å². The fourth-order valence-electron chi connectivity index (χ4n) is 2.07. The van der Waals surface area contributed by atoms with E-state index in [-0.39, 0.29) is 29.0 Å². The minimum absolute atomic E-state index is 0.00849. The summed E-state index contributed by atoms with van der Waals surface area (Å²) in [4.78, 5) is 15.2. The average molecular weight is 289 g/mol. The molecule has 4 nitrogen and oxygen atoms in total. The zero-order chi connectivity index (χ0) is 15.0. The summed E-state index contributed by atoms with van der Waals surface area (Å²) in [5.41, 5.74) is 0.737. The molecule has 0 unspecified atom stereocenters. The summed E-state index contributed by atoms with van der Waals surface area (Å²) in [7, 11) is 0. The van der Waals surface area contributed by atoms with E-state index in [4.69, 9.17) is 9.52 Å². The molecule has 0 amide bonds.